The molecule has 0 fully saturated rings. The third-order valence-electron chi connectivity index (χ3n) is 0.305. The van der Waals surface area contributed by atoms with E-state index in [4.69, 9.17) is 14.7 Å². The first kappa shape index (κ1) is 11.9. The largest absolute Gasteiger partial charge is 0.518 e. The van der Waals surface area contributed by atoms with Gasteiger partial charge in [0.05, 0.1) is 0 Å². The lowest BCUT2D eigenvalue weighted by Gasteiger charge is -1.88. The minimum Gasteiger partial charge on any atom is -0.321 e. The van der Waals surface area contributed by atoms with E-state index < -0.39 is 21.5 Å². The summed E-state index contributed by atoms with van der Waals surface area (Å²) in [6.07, 6.45) is 0. The molecule has 0 aromatic heterocycles. The zero-order valence-electron chi connectivity index (χ0n) is 3.76. The Morgan fingerprint density at radius 3 is 1.78 bits per heavy atom. The Kier molecular flexibility index (Phi) is 5.43. The highest BCUT2D eigenvalue weighted by atomic mass is 31.2. The minimum atomic E-state index is -4.26. The van der Waals surface area contributed by atoms with Gasteiger partial charge in [-0.05, 0) is 4.57 Å². The van der Waals surface area contributed by atoms with Crippen LogP contribution in [0.1, 0.15) is 7.43 Å². The lowest BCUT2D eigenvalue weighted by atomic mass is 11.9. The fourth-order valence-electron chi connectivity index (χ4n) is 0.158. The van der Waals surface area contributed by atoms with E-state index in [9.17, 15) is 9.13 Å². The molecule has 1 atom stereocenters. The van der Waals surface area contributed by atoms with Crippen molar-refractivity contribution in [1.29, 1.82) is 0 Å². The van der Waals surface area contributed by atoms with Crippen molar-refractivity contribution in [2.24, 2.45) is 0 Å². The first-order valence-electron chi connectivity index (χ1n) is 1.60. The molecule has 3 N–H and O–H groups in total. The topological polar surface area (TPSA) is 94.8 Å². The molecule has 0 saturated carbocycles. The maximum absolute atomic E-state index is 9.79. The van der Waals surface area contributed by atoms with E-state index >= 15 is 0 Å². The van der Waals surface area contributed by atoms with Crippen LogP contribution in [0.2, 0.25) is 0 Å². The van der Waals surface area contributed by atoms with E-state index in [1.54, 1.807) is 0 Å². The van der Waals surface area contributed by atoms with Gasteiger partial charge in [0, 0.05) is 0 Å². The standard InChI is InChI=1S/CH4O5P2.CH4/c2-7(3)1-8(4,5)6;/h1H2,(H2-,2,3,4,5,6);1H4/p+1. The van der Waals surface area contributed by atoms with Gasteiger partial charge in [0.15, 0.2) is 0 Å². The second-order valence-electron chi connectivity index (χ2n) is 1.16. The van der Waals surface area contributed by atoms with Gasteiger partial charge in [-0.25, -0.2) is 0 Å². The van der Waals surface area contributed by atoms with Crippen molar-refractivity contribution in [1.82, 2.24) is 0 Å². The normalized spacial score (nSPS) is 12.1. The lowest BCUT2D eigenvalue weighted by molar-refractivity contribution is 0.377. The van der Waals surface area contributed by atoms with Crippen LogP contribution in [0.4, 0.5) is 0 Å². The summed E-state index contributed by atoms with van der Waals surface area (Å²) >= 11 is 0. The van der Waals surface area contributed by atoms with Gasteiger partial charge in [0.25, 0.3) is 5.90 Å². The molecule has 7 heteroatoms. The summed E-state index contributed by atoms with van der Waals surface area (Å²) in [6.45, 7) is 0. The Morgan fingerprint density at radius 2 is 1.78 bits per heavy atom. The average Bonchev–Trinajstić information content (AvgIpc) is 1.21. The first-order valence-corrected chi connectivity index (χ1v) is 4.79. The first-order chi connectivity index (χ1) is 3.42. The molecule has 0 aliphatic rings. The van der Waals surface area contributed by atoms with Gasteiger partial charge >= 0.3 is 15.6 Å². The Labute approximate surface area is 53.7 Å². The molecule has 0 aliphatic carbocycles. The van der Waals surface area contributed by atoms with Crippen molar-refractivity contribution in [3.05, 3.63) is 0 Å². The summed E-state index contributed by atoms with van der Waals surface area (Å²) in [7, 11) is -6.96. The molecule has 0 aliphatic heterocycles. The van der Waals surface area contributed by atoms with Crippen LogP contribution in [-0.2, 0) is 9.13 Å². The number of hydrogen-bond acceptors (Lipinski definition) is 2. The van der Waals surface area contributed by atoms with Crippen LogP contribution < -0.4 is 0 Å². The van der Waals surface area contributed by atoms with Crippen molar-refractivity contribution in [3.63, 3.8) is 0 Å². The third-order valence-corrected chi connectivity index (χ3v) is 2.75. The summed E-state index contributed by atoms with van der Waals surface area (Å²) in [5.41, 5.74) is 0. The maximum Gasteiger partial charge on any atom is 0.518 e. The van der Waals surface area contributed by atoms with Crippen LogP contribution in [0.15, 0.2) is 0 Å². The lowest BCUT2D eigenvalue weighted by Crippen LogP contribution is -1.78. The molecule has 0 saturated heterocycles. The number of hydrogen-bond donors (Lipinski definition) is 3. The number of rotatable bonds is 2. The van der Waals surface area contributed by atoms with Gasteiger partial charge in [-0.2, -0.15) is 4.89 Å². The van der Waals surface area contributed by atoms with Gasteiger partial charge in [-0.1, -0.05) is 7.43 Å². The molecular formula is C2H9O5P2+. The molecule has 0 radical (unpaired) electrons. The van der Waals surface area contributed by atoms with Gasteiger partial charge in [-0.3, -0.25) is 4.57 Å². The monoisotopic (exact) mass is 175 g/mol. The Morgan fingerprint density at radius 1 is 1.44 bits per heavy atom. The third kappa shape index (κ3) is 11.7. The highest BCUT2D eigenvalue weighted by Gasteiger charge is 2.27. The molecule has 1 unspecified atom stereocenters. The van der Waals surface area contributed by atoms with Crippen molar-refractivity contribution in [3.8, 4) is 0 Å². The predicted octanol–water partition coefficient (Wildman–Crippen LogP) is 0.492. The summed E-state index contributed by atoms with van der Waals surface area (Å²) in [5.74, 6) is -0.942. The molecule has 0 bridgehead atoms. The fraction of sp³-hybridized carbons (Fsp3) is 1.00. The summed E-state index contributed by atoms with van der Waals surface area (Å²) < 4.78 is 19.5. The van der Waals surface area contributed by atoms with Crippen LogP contribution in [-0.4, -0.2) is 20.6 Å². The van der Waals surface area contributed by atoms with Crippen LogP contribution in [0.5, 0.6) is 0 Å². The molecule has 0 aromatic carbocycles. The predicted molar refractivity (Wildman–Crippen MR) is 33.5 cm³/mol. The van der Waals surface area contributed by atoms with Crippen LogP contribution >= 0.6 is 15.6 Å². The Bertz CT molecular complexity index is 136. The summed E-state index contributed by atoms with van der Waals surface area (Å²) in [6, 6.07) is 0. The maximum atomic E-state index is 9.79. The van der Waals surface area contributed by atoms with Gasteiger partial charge in [0.2, 0.25) is 0 Å². The SMILES string of the molecule is C.O=[P+](O)CP(=O)(O)O. The second kappa shape index (κ2) is 4.09. The summed E-state index contributed by atoms with van der Waals surface area (Å²) in [5, 5.41) is 0. The Balaban J connectivity index is 0. The fourth-order valence-corrected chi connectivity index (χ4v) is 1.42. The molecular weight excluding hydrogens is 166 g/mol. The van der Waals surface area contributed by atoms with Crippen LogP contribution in [0, 0.1) is 0 Å². The van der Waals surface area contributed by atoms with Crippen molar-refractivity contribution in [2.75, 3.05) is 5.90 Å². The van der Waals surface area contributed by atoms with Crippen molar-refractivity contribution < 1.29 is 23.8 Å². The highest BCUT2D eigenvalue weighted by Crippen LogP contribution is 2.42. The molecule has 56 valence electrons. The molecule has 5 nitrogen and oxygen atoms in total. The van der Waals surface area contributed by atoms with Crippen LogP contribution in [0.3, 0.4) is 0 Å². The highest BCUT2D eigenvalue weighted by molar-refractivity contribution is 7.64. The summed E-state index contributed by atoms with van der Waals surface area (Å²) in [4.78, 5) is 23.8. The van der Waals surface area contributed by atoms with Crippen LogP contribution in [0.25, 0.3) is 0 Å². The molecule has 0 aromatic rings. The zero-order chi connectivity index (χ0) is 6.78. The molecule has 9 heavy (non-hydrogen) atoms. The van der Waals surface area contributed by atoms with E-state index in [-0.39, 0.29) is 7.43 Å². The van der Waals surface area contributed by atoms with Gasteiger partial charge < -0.3 is 9.79 Å². The van der Waals surface area contributed by atoms with E-state index in [1.807, 2.05) is 0 Å². The van der Waals surface area contributed by atoms with E-state index in [0.29, 0.717) is 0 Å². The zero-order valence-corrected chi connectivity index (χ0v) is 5.55. The molecule has 0 rings (SSSR count). The average molecular weight is 175 g/mol. The minimum absolute atomic E-state index is 0. The molecule has 0 heterocycles. The molecule has 0 spiro atoms. The molecule has 0 amide bonds. The van der Waals surface area contributed by atoms with Crippen molar-refractivity contribution in [2.45, 2.75) is 7.43 Å². The van der Waals surface area contributed by atoms with E-state index in [0.717, 1.165) is 0 Å². The quantitative estimate of drug-likeness (QED) is 0.531. The van der Waals surface area contributed by atoms with Crippen molar-refractivity contribution >= 4 is 15.6 Å². The second-order valence-corrected chi connectivity index (χ2v) is 4.32. The van der Waals surface area contributed by atoms with Gasteiger partial charge in [0.1, 0.15) is 0 Å². The van der Waals surface area contributed by atoms with E-state index in [1.165, 1.54) is 0 Å². The Hall–Kier alpha value is 0.210. The van der Waals surface area contributed by atoms with Gasteiger partial charge in [-0.15, -0.1) is 0 Å². The van der Waals surface area contributed by atoms with E-state index in [2.05, 4.69) is 0 Å². The smallest absolute Gasteiger partial charge is 0.321 e.